The Bertz CT molecular complexity index is 1010. The largest absolute Gasteiger partial charge is 0.506 e. The number of para-hydroxylation sites is 2. The van der Waals surface area contributed by atoms with Crippen molar-refractivity contribution in [3.05, 3.63) is 68.5 Å². The highest BCUT2D eigenvalue weighted by molar-refractivity contribution is 7.10. The summed E-state index contributed by atoms with van der Waals surface area (Å²) in [6.45, 7) is 4.51. The molecule has 2 aliphatic heterocycles. The lowest BCUT2D eigenvalue weighted by Gasteiger charge is -2.39. The van der Waals surface area contributed by atoms with E-state index in [4.69, 9.17) is 0 Å². The Balaban J connectivity index is 1.26. The lowest BCUT2D eigenvalue weighted by molar-refractivity contribution is -0.134. The van der Waals surface area contributed by atoms with Gasteiger partial charge in [0.1, 0.15) is 5.75 Å². The number of nitrogens with zero attached hydrogens (tertiary/aromatic N) is 3. The number of carbonyl (C=O) groups excluding carboxylic acids is 1. The summed E-state index contributed by atoms with van der Waals surface area (Å²) in [5.74, 6) is 0.530. The fourth-order valence-corrected chi connectivity index (χ4v) is 6.26. The number of amides is 1. The topological polar surface area (TPSA) is 47.0 Å². The highest BCUT2D eigenvalue weighted by Crippen LogP contribution is 2.39. The second kappa shape index (κ2) is 8.41. The van der Waals surface area contributed by atoms with E-state index in [1.807, 2.05) is 18.2 Å². The third kappa shape index (κ3) is 3.73. The Morgan fingerprint density at radius 2 is 1.80 bits per heavy atom. The third-order valence-electron chi connectivity index (χ3n) is 6.05. The summed E-state index contributed by atoms with van der Waals surface area (Å²) in [7, 11) is 0. The van der Waals surface area contributed by atoms with Crippen molar-refractivity contribution < 1.29 is 9.90 Å². The maximum absolute atomic E-state index is 13.3. The lowest BCUT2D eigenvalue weighted by atomic mass is 9.98. The number of aromatic hydroxyl groups is 1. The number of carbonyl (C=O) groups is 1. The first-order chi connectivity index (χ1) is 14.7. The Hall–Kier alpha value is -2.35. The molecule has 0 spiro atoms. The molecule has 1 N–H and O–H groups in total. The zero-order valence-corrected chi connectivity index (χ0v) is 18.4. The number of fused-ring (bicyclic) bond motifs is 1. The number of hydrogen-bond donors (Lipinski definition) is 1. The molecular weight excluding hydrogens is 414 g/mol. The van der Waals surface area contributed by atoms with Crippen LogP contribution in [0.4, 0.5) is 5.69 Å². The van der Waals surface area contributed by atoms with Crippen LogP contribution in [-0.2, 0) is 11.2 Å². The number of phenols is 1. The molecule has 0 saturated carbocycles. The Morgan fingerprint density at radius 3 is 2.57 bits per heavy atom. The number of anilines is 1. The van der Waals surface area contributed by atoms with Gasteiger partial charge in [-0.2, -0.15) is 0 Å². The number of thiophene rings is 2. The molecule has 2 aliphatic rings. The molecule has 156 valence electrons. The number of benzene rings is 1. The van der Waals surface area contributed by atoms with E-state index in [0.717, 1.165) is 44.8 Å². The van der Waals surface area contributed by atoms with Crippen LogP contribution in [0.5, 0.6) is 5.75 Å². The monoisotopic (exact) mass is 439 g/mol. The first-order valence-corrected chi connectivity index (χ1v) is 12.1. The van der Waals surface area contributed by atoms with Crippen molar-refractivity contribution in [2.24, 2.45) is 0 Å². The number of rotatable bonds is 4. The normalized spacial score (nSPS) is 19.7. The summed E-state index contributed by atoms with van der Waals surface area (Å²) in [5.41, 5.74) is 2.17. The average molecular weight is 440 g/mol. The summed E-state index contributed by atoms with van der Waals surface area (Å²) in [6.07, 6.45) is 0.946. The van der Waals surface area contributed by atoms with Gasteiger partial charge in [0.25, 0.3) is 0 Å². The highest BCUT2D eigenvalue weighted by Gasteiger charge is 2.34. The molecule has 2 aromatic heterocycles. The van der Waals surface area contributed by atoms with Gasteiger partial charge < -0.3 is 14.9 Å². The molecule has 5 nitrogen and oxygen atoms in total. The first kappa shape index (κ1) is 19.6. The van der Waals surface area contributed by atoms with Gasteiger partial charge in [0.2, 0.25) is 5.91 Å². The number of hydrogen-bond acceptors (Lipinski definition) is 6. The number of piperazine rings is 1. The molecule has 0 bridgehead atoms. The van der Waals surface area contributed by atoms with E-state index in [1.165, 1.54) is 15.3 Å². The molecule has 0 unspecified atom stereocenters. The van der Waals surface area contributed by atoms with Crippen LogP contribution in [0.3, 0.4) is 0 Å². The van der Waals surface area contributed by atoms with Gasteiger partial charge in [-0.25, -0.2) is 0 Å². The molecule has 0 radical (unpaired) electrons. The molecular formula is C23H25N3O2S2. The summed E-state index contributed by atoms with van der Waals surface area (Å²) in [4.78, 5) is 22.5. The minimum Gasteiger partial charge on any atom is -0.506 e. The van der Waals surface area contributed by atoms with E-state index >= 15 is 0 Å². The van der Waals surface area contributed by atoms with E-state index in [9.17, 15) is 9.90 Å². The SMILES string of the molecule is O=C(CN1CCN(c2ccccc2O)CC1)N1CCc2sccc2[C@@H]1c1cccs1. The highest BCUT2D eigenvalue weighted by atomic mass is 32.1. The molecule has 30 heavy (non-hydrogen) atoms. The maximum atomic E-state index is 13.3. The molecule has 1 atom stereocenters. The van der Waals surface area contributed by atoms with Crippen molar-refractivity contribution in [3.8, 4) is 5.75 Å². The van der Waals surface area contributed by atoms with Crippen LogP contribution >= 0.6 is 22.7 Å². The summed E-state index contributed by atoms with van der Waals surface area (Å²) >= 11 is 3.54. The van der Waals surface area contributed by atoms with Crippen molar-refractivity contribution in [3.63, 3.8) is 0 Å². The van der Waals surface area contributed by atoms with E-state index in [0.29, 0.717) is 12.3 Å². The van der Waals surface area contributed by atoms with Crippen LogP contribution in [0.1, 0.15) is 21.4 Å². The molecule has 0 aliphatic carbocycles. The zero-order chi connectivity index (χ0) is 20.5. The van der Waals surface area contributed by atoms with Crippen molar-refractivity contribution in [2.75, 3.05) is 44.2 Å². The Morgan fingerprint density at radius 1 is 0.967 bits per heavy atom. The molecule has 3 aromatic rings. The maximum Gasteiger partial charge on any atom is 0.237 e. The van der Waals surface area contributed by atoms with Gasteiger partial charge in [-0.1, -0.05) is 18.2 Å². The van der Waals surface area contributed by atoms with Crippen LogP contribution in [0, 0.1) is 0 Å². The standard InChI is InChI=1S/C23H25N3O2S2/c27-19-5-2-1-4-18(19)25-12-10-24(11-13-25)16-22(28)26-9-7-20-17(8-15-30-20)23(26)21-6-3-14-29-21/h1-6,8,14-15,23,27H,7,9-13,16H2/t23-/m1/s1. The van der Waals surface area contributed by atoms with Crippen LogP contribution in [-0.4, -0.2) is 60.1 Å². The summed E-state index contributed by atoms with van der Waals surface area (Å²) < 4.78 is 0. The Kier molecular flexibility index (Phi) is 5.50. The Labute approximate surface area is 184 Å². The molecule has 1 aromatic carbocycles. The van der Waals surface area contributed by atoms with E-state index < -0.39 is 0 Å². The quantitative estimate of drug-likeness (QED) is 0.672. The van der Waals surface area contributed by atoms with Crippen LogP contribution in [0.25, 0.3) is 0 Å². The van der Waals surface area contributed by atoms with Gasteiger partial charge in [0.15, 0.2) is 0 Å². The van der Waals surface area contributed by atoms with Gasteiger partial charge >= 0.3 is 0 Å². The van der Waals surface area contributed by atoms with Gasteiger partial charge in [0, 0.05) is 42.5 Å². The van der Waals surface area contributed by atoms with Crippen LogP contribution in [0.15, 0.2) is 53.2 Å². The lowest BCUT2D eigenvalue weighted by Crippen LogP contribution is -2.51. The minimum atomic E-state index is 0.0510. The van der Waals surface area contributed by atoms with Gasteiger partial charge in [-0.05, 0) is 47.0 Å². The molecule has 1 fully saturated rings. The van der Waals surface area contributed by atoms with Crippen LogP contribution < -0.4 is 4.90 Å². The van der Waals surface area contributed by atoms with Crippen molar-refractivity contribution in [1.29, 1.82) is 0 Å². The molecule has 1 saturated heterocycles. The second-order valence-electron chi connectivity index (χ2n) is 7.81. The zero-order valence-electron chi connectivity index (χ0n) is 16.7. The molecule has 5 rings (SSSR count). The smallest absolute Gasteiger partial charge is 0.237 e. The average Bonchev–Trinajstić information content (AvgIpc) is 3.46. The van der Waals surface area contributed by atoms with Crippen molar-refractivity contribution in [2.45, 2.75) is 12.5 Å². The molecule has 7 heteroatoms. The number of phenolic OH excluding ortho intramolecular Hbond substituents is 1. The first-order valence-electron chi connectivity index (χ1n) is 10.3. The molecule has 4 heterocycles. The van der Waals surface area contributed by atoms with Crippen molar-refractivity contribution in [1.82, 2.24) is 9.80 Å². The summed E-state index contributed by atoms with van der Waals surface area (Å²) in [5, 5.41) is 14.4. The van der Waals surface area contributed by atoms with Gasteiger partial charge in [0.05, 0.1) is 18.3 Å². The fraction of sp³-hybridized carbons (Fsp3) is 0.348. The van der Waals surface area contributed by atoms with E-state index in [2.05, 4.69) is 43.7 Å². The van der Waals surface area contributed by atoms with Gasteiger partial charge in [-0.3, -0.25) is 9.69 Å². The van der Waals surface area contributed by atoms with Crippen LogP contribution in [0.2, 0.25) is 0 Å². The van der Waals surface area contributed by atoms with Crippen molar-refractivity contribution >= 4 is 34.3 Å². The third-order valence-corrected chi connectivity index (χ3v) is 7.97. The predicted molar refractivity (Wildman–Crippen MR) is 123 cm³/mol. The van der Waals surface area contributed by atoms with E-state index in [-0.39, 0.29) is 11.9 Å². The predicted octanol–water partition coefficient (Wildman–Crippen LogP) is 3.81. The summed E-state index contributed by atoms with van der Waals surface area (Å²) in [6, 6.07) is 13.9. The van der Waals surface area contributed by atoms with E-state index in [1.54, 1.807) is 28.7 Å². The molecule has 1 amide bonds. The minimum absolute atomic E-state index is 0.0510. The fourth-order valence-electron chi connectivity index (χ4n) is 4.50. The van der Waals surface area contributed by atoms with Gasteiger partial charge in [-0.15, -0.1) is 22.7 Å². The second-order valence-corrected chi connectivity index (χ2v) is 9.79.